The first-order chi connectivity index (χ1) is 10.1. The van der Waals surface area contributed by atoms with Crippen LogP contribution in [0.3, 0.4) is 0 Å². The molecule has 3 rings (SSSR count). The second-order valence-electron chi connectivity index (χ2n) is 7.24. The minimum absolute atomic E-state index is 0. The van der Waals surface area contributed by atoms with Crippen LogP contribution < -0.4 is 0 Å². The van der Waals surface area contributed by atoms with E-state index in [9.17, 15) is 8.78 Å². The van der Waals surface area contributed by atoms with E-state index in [1.54, 1.807) is 0 Å². The van der Waals surface area contributed by atoms with Crippen LogP contribution in [0.15, 0.2) is 12.1 Å². The van der Waals surface area contributed by atoms with E-state index in [-0.39, 0.29) is 65.4 Å². The second kappa shape index (κ2) is 10.4. The molecule has 0 spiro atoms. The Morgan fingerprint density at radius 1 is 0.783 bits per heavy atom. The molecule has 122 valence electrons. The third-order valence-corrected chi connectivity index (χ3v) is 5.80. The van der Waals surface area contributed by atoms with Gasteiger partial charge >= 0.3 is 0 Å². The van der Waals surface area contributed by atoms with E-state index in [2.05, 4.69) is 13.0 Å². The van der Waals surface area contributed by atoms with Gasteiger partial charge in [0.2, 0.25) is 0 Å². The van der Waals surface area contributed by atoms with Crippen molar-refractivity contribution in [3.8, 4) is 0 Å². The fourth-order valence-electron chi connectivity index (χ4n) is 4.44. The zero-order valence-electron chi connectivity index (χ0n) is 14.0. The molecule has 0 heterocycles. The van der Waals surface area contributed by atoms with E-state index in [0.29, 0.717) is 5.92 Å². The first kappa shape index (κ1) is 22.3. The van der Waals surface area contributed by atoms with E-state index in [1.165, 1.54) is 50.7 Å². The van der Waals surface area contributed by atoms with Crippen LogP contribution in [0.1, 0.15) is 69.8 Å². The van der Waals surface area contributed by atoms with Gasteiger partial charge in [0, 0.05) is 77.1 Å². The summed E-state index contributed by atoms with van der Waals surface area (Å²) in [5.74, 6) is 1.87. The summed E-state index contributed by atoms with van der Waals surface area (Å²) in [6, 6.07) is 5.02. The molecule has 2 fully saturated rings. The summed E-state index contributed by atoms with van der Waals surface area (Å²) in [6.45, 7) is 2.36. The maximum absolute atomic E-state index is 13.3. The van der Waals surface area contributed by atoms with Crippen LogP contribution >= 0.6 is 0 Å². The molecule has 2 radical (unpaired) electrons. The average molecular weight is 469 g/mol. The van der Waals surface area contributed by atoms with Crippen molar-refractivity contribution in [1.29, 1.82) is 0 Å². The first-order valence-corrected chi connectivity index (χ1v) is 8.50. The van der Waals surface area contributed by atoms with Gasteiger partial charge in [-0.2, -0.15) is 0 Å². The molecular weight excluding hydrogens is 444 g/mol. The van der Waals surface area contributed by atoms with Crippen molar-refractivity contribution in [2.45, 2.75) is 64.2 Å². The molecule has 0 atom stereocenters. The van der Waals surface area contributed by atoms with Gasteiger partial charge in [0.1, 0.15) is 0 Å². The van der Waals surface area contributed by atoms with E-state index in [0.717, 1.165) is 36.2 Å². The van der Waals surface area contributed by atoms with Crippen molar-refractivity contribution in [2.24, 2.45) is 17.8 Å². The predicted octanol–water partition coefficient (Wildman–Crippen LogP) is 5.86. The average Bonchev–Trinajstić information content (AvgIpc) is 2.47. The summed E-state index contributed by atoms with van der Waals surface area (Å²) in [6.07, 6.45) is 10.2. The minimum Gasteiger partial charge on any atom is -0.236 e. The number of benzene rings is 1. The van der Waals surface area contributed by atoms with Crippen molar-refractivity contribution in [1.82, 2.24) is 0 Å². The van der Waals surface area contributed by atoms with Crippen LogP contribution in [-0.4, -0.2) is 0 Å². The molecule has 1 aromatic rings. The van der Waals surface area contributed by atoms with E-state index >= 15 is 0 Å². The SMILES string of the molecule is CC1CCC(C2CCC(c3cc(F)[c-]c(F)c3)CC2)CC1.[Y].[Y]. The Kier molecular flexibility index (Phi) is 10.1. The molecule has 0 aliphatic heterocycles. The molecule has 0 N–H and O–H groups in total. The van der Waals surface area contributed by atoms with Gasteiger partial charge in [0.05, 0.1) is 0 Å². The standard InChI is InChI=1S/C19H25F2.2Y/c1-13-2-4-14(5-3-13)15-6-8-16(9-7-15)17-10-18(20)12-19(21)11-17;;/h10-11,13-16H,2-9H2,1H3;;/q-1;;. The number of rotatable bonds is 2. The molecule has 0 bridgehead atoms. The summed E-state index contributed by atoms with van der Waals surface area (Å²) < 4.78 is 26.6. The van der Waals surface area contributed by atoms with Crippen molar-refractivity contribution < 1.29 is 74.2 Å². The number of halogens is 2. The van der Waals surface area contributed by atoms with E-state index < -0.39 is 11.6 Å². The summed E-state index contributed by atoms with van der Waals surface area (Å²) >= 11 is 0. The van der Waals surface area contributed by atoms with Crippen molar-refractivity contribution in [2.75, 3.05) is 0 Å². The molecule has 0 nitrogen and oxygen atoms in total. The molecule has 0 saturated heterocycles. The quantitative estimate of drug-likeness (QED) is 0.477. The van der Waals surface area contributed by atoms with Crippen LogP contribution in [0.25, 0.3) is 0 Å². The smallest absolute Gasteiger partial charge is 0.0139 e. The van der Waals surface area contributed by atoms with Gasteiger partial charge in [-0.1, -0.05) is 19.8 Å². The fraction of sp³-hybridized carbons (Fsp3) is 0.684. The van der Waals surface area contributed by atoms with Crippen LogP contribution in [0, 0.1) is 35.5 Å². The number of hydrogen-bond donors (Lipinski definition) is 0. The van der Waals surface area contributed by atoms with Gasteiger partial charge < -0.3 is 0 Å². The van der Waals surface area contributed by atoms with E-state index in [4.69, 9.17) is 0 Å². The van der Waals surface area contributed by atoms with Gasteiger partial charge in [-0.05, 0) is 62.2 Å². The molecule has 0 unspecified atom stereocenters. The molecule has 1 aromatic carbocycles. The van der Waals surface area contributed by atoms with Gasteiger partial charge in [0.15, 0.2) is 0 Å². The van der Waals surface area contributed by atoms with Gasteiger partial charge in [0.25, 0.3) is 0 Å². The monoisotopic (exact) mass is 469 g/mol. The Morgan fingerprint density at radius 2 is 1.22 bits per heavy atom. The first-order valence-electron chi connectivity index (χ1n) is 8.50. The summed E-state index contributed by atoms with van der Waals surface area (Å²) in [5.41, 5.74) is 0.833. The number of hydrogen-bond acceptors (Lipinski definition) is 0. The Bertz CT molecular complexity index is 456. The summed E-state index contributed by atoms with van der Waals surface area (Å²) in [5, 5.41) is 0. The summed E-state index contributed by atoms with van der Waals surface area (Å²) in [4.78, 5) is 0. The molecular formula is C19H25F2Y2-. The van der Waals surface area contributed by atoms with Gasteiger partial charge in [-0.3, -0.25) is 0 Å². The van der Waals surface area contributed by atoms with Gasteiger partial charge in [-0.15, -0.1) is 23.8 Å². The Labute approximate surface area is 189 Å². The van der Waals surface area contributed by atoms with Crippen molar-refractivity contribution >= 4 is 0 Å². The van der Waals surface area contributed by atoms with Crippen molar-refractivity contribution in [3.05, 3.63) is 35.4 Å². The second-order valence-corrected chi connectivity index (χ2v) is 7.24. The largest absolute Gasteiger partial charge is 0.236 e. The maximum Gasteiger partial charge on any atom is 0.0139 e. The minimum atomic E-state index is -0.562. The zero-order chi connectivity index (χ0) is 14.8. The molecule has 2 saturated carbocycles. The normalized spacial score (nSPS) is 30.9. The maximum atomic E-state index is 13.3. The third-order valence-electron chi connectivity index (χ3n) is 5.80. The molecule has 0 amide bonds. The topological polar surface area (TPSA) is 0 Å². The Morgan fingerprint density at radius 3 is 1.70 bits per heavy atom. The molecule has 2 aliphatic rings. The third kappa shape index (κ3) is 6.19. The van der Waals surface area contributed by atoms with Crippen LogP contribution in [0.4, 0.5) is 8.78 Å². The fourth-order valence-corrected chi connectivity index (χ4v) is 4.44. The van der Waals surface area contributed by atoms with Gasteiger partial charge in [-0.25, -0.2) is 8.78 Å². The van der Waals surface area contributed by atoms with Crippen LogP contribution in [0.2, 0.25) is 0 Å². The van der Waals surface area contributed by atoms with Crippen molar-refractivity contribution in [3.63, 3.8) is 0 Å². The Hall–Kier alpha value is 1.29. The predicted molar refractivity (Wildman–Crippen MR) is 81.0 cm³/mol. The van der Waals surface area contributed by atoms with Crippen LogP contribution in [-0.2, 0) is 65.4 Å². The molecule has 0 aromatic heterocycles. The van der Waals surface area contributed by atoms with E-state index in [1.807, 2.05) is 0 Å². The molecule has 4 heteroatoms. The summed E-state index contributed by atoms with van der Waals surface area (Å²) in [7, 11) is 0. The Balaban J connectivity index is 0.00000132. The zero-order valence-corrected chi connectivity index (χ0v) is 19.7. The van der Waals surface area contributed by atoms with Crippen LogP contribution in [0.5, 0.6) is 0 Å². The molecule has 23 heavy (non-hydrogen) atoms. The molecule has 2 aliphatic carbocycles.